The third kappa shape index (κ3) is 4.79. The van der Waals surface area contributed by atoms with E-state index in [-0.39, 0.29) is 6.04 Å². The molecule has 1 unspecified atom stereocenters. The maximum Gasteiger partial charge on any atom is 0.0834 e. The fourth-order valence-electron chi connectivity index (χ4n) is 2.09. The molecule has 0 spiro atoms. The Hall–Kier alpha value is -0.580. The van der Waals surface area contributed by atoms with Gasteiger partial charge >= 0.3 is 0 Å². The number of ether oxygens (including phenoxy) is 1. The third-order valence-electron chi connectivity index (χ3n) is 3.00. The van der Waals surface area contributed by atoms with Crippen LogP contribution in [-0.2, 0) is 4.74 Å². The molecular formula is C14H26ClN3O. The molecule has 0 aliphatic heterocycles. The fraction of sp³-hybridized carbons (Fsp3) is 0.786. The van der Waals surface area contributed by atoms with Crippen molar-refractivity contribution in [3.05, 3.63) is 16.9 Å². The average Bonchev–Trinajstić information content (AvgIpc) is 2.76. The van der Waals surface area contributed by atoms with Gasteiger partial charge in [-0.2, -0.15) is 5.10 Å². The predicted molar refractivity (Wildman–Crippen MR) is 79.8 cm³/mol. The van der Waals surface area contributed by atoms with Gasteiger partial charge in [-0.05, 0) is 40.2 Å². The zero-order valence-corrected chi connectivity index (χ0v) is 13.2. The van der Waals surface area contributed by atoms with E-state index in [9.17, 15) is 0 Å². The fourth-order valence-corrected chi connectivity index (χ4v) is 2.35. The zero-order chi connectivity index (χ0) is 14.3. The van der Waals surface area contributed by atoms with Gasteiger partial charge in [0.1, 0.15) is 0 Å². The topological polar surface area (TPSA) is 39.1 Å². The first-order valence-electron chi connectivity index (χ1n) is 7.15. The Kier molecular flexibility index (Phi) is 7.42. The van der Waals surface area contributed by atoms with E-state index in [0.717, 1.165) is 43.3 Å². The van der Waals surface area contributed by atoms with Gasteiger partial charge in [0.05, 0.1) is 23.0 Å². The minimum atomic E-state index is 0.198. The molecule has 1 N–H and O–H groups in total. The van der Waals surface area contributed by atoms with Crippen LogP contribution < -0.4 is 5.32 Å². The van der Waals surface area contributed by atoms with E-state index in [2.05, 4.69) is 31.2 Å². The van der Waals surface area contributed by atoms with Gasteiger partial charge in [0.25, 0.3) is 0 Å². The quantitative estimate of drug-likeness (QED) is 0.706. The summed E-state index contributed by atoms with van der Waals surface area (Å²) in [7, 11) is 0. The van der Waals surface area contributed by atoms with Crippen molar-refractivity contribution in [3.63, 3.8) is 0 Å². The molecule has 1 rings (SSSR count). The van der Waals surface area contributed by atoms with Crippen LogP contribution in [0.5, 0.6) is 0 Å². The Morgan fingerprint density at radius 2 is 2.16 bits per heavy atom. The van der Waals surface area contributed by atoms with E-state index in [0.29, 0.717) is 6.04 Å². The lowest BCUT2D eigenvalue weighted by molar-refractivity contribution is 0.135. The van der Waals surface area contributed by atoms with Crippen LogP contribution in [0.25, 0.3) is 0 Å². The summed E-state index contributed by atoms with van der Waals surface area (Å²) in [6.45, 7) is 10.9. The summed E-state index contributed by atoms with van der Waals surface area (Å²) in [4.78, 5) is 0. The largest absolute Gasteiger partial charge is 0.382 e. The molecule has 0 fully saturated rings. The molecular weight excluding hydrogens is 262 g/mol. The smallest absolute Gasteiger partial charge is 0.0834 e. The highest BCUT2D eigenvalue weighted by atomic mass is 35.5. The summed E-state index contributed by atoms with van der Waals surface area (Å²) in [5.41, 5.74) is 1.07. The predicted octanol–water partition coefficient (Wildman–Crippen LogP) is 3.58. The molecule has 5 heteroatoms. The molecule has 19 heavy (non-hydrogen) atoms. The highest BCUT2D eigenvalue weighted by Gasteiger charge is 2.21. The highest BCUT2D eigenvalue weighted by Crippen LogP contribution is 2.27. The summed E-state index contributed by atoms with van der Waals surface area (Å²) >= 11 is 6.31. The van der Waals surface area contributed by atoms with Crippen LogP contribution in [-0.4, -0.2) is 29.5 Å². The Morgan fingerprint density at radius 3 is 2.74 bits per heavy atom. The number of rotatable bonds is 9. The maximum atomic E-state index is 6.31. The van der Waals surface area contributed by atoms with Gasteiger partial charge in [-0.15, -0.1) is 0 Å². The molecule has 0 saturated carbocycles. The van der Waals surface area contributed by atoms with Crippen LogP contribution in [0.2, 0.25) is 5.02 Å². The Bertz CT molecular complexity index is 366. The third-order valence-corrected chi connectivity index (χ3v) is 3.29. The van der Waals surface area contributed by atoms with Crippen LogP contribution in [0, 0.1) is 0 Å². The number of nitrogens with one attached hydrogen (secondary N) is 1. The van der Waals surface area contributed by atoms with E-state index in [1.54, 1.807) is 6.20 Å². The molecule has 0 aromatic carbocycles. The number of hydrogen-bond acceptors (Lipinski definition) is 3. The number of halogens is 1. The molecule has 1 heterocycles. The van der Waals surface area contributed by atoms with E-state index in [1.807, 2.05) is 11.6 Å². The SMILES string of the molecule is CCCNC(CCOCC)c1c(Cl)cnn1C(C)C. The minimum Gasteiger partial charge on any atom is -0.382 e. The maximum absolute atomic E-state index is 6.31. The van der Waals surface area contributed by atoms with Gasteiger partial charge in [0, 0.05) is 19.3 Å². The number of hydrogen-bond donors (Lipinski definition) is 1. The molecule has 4 nitrogen and oxygen atoms in total. The van der Waals surface area contributed by atoms with Crippen molar-refractivity contribution in [1.82, 2.24) is 15.1 Å². The van der Waals surface area contributed by atoms with Crippen LogP contribution >= 0.6 is 11.6 Å². The summed E-state index contributed by atoms with van der Waals surface area (Å²) in [6, 6.07) is 0.504. The second-order valence-electron chi connectivity index (χ2n) is 4.91. The van der Waals surface area contributed by atoms with Gasteiger partial charge in [0.15, 0.2) is 0 Å². The van der Waals surface area contributed by atoms with Gasteiger partial charge in [0.2, 0.25) is 0 Å². The van der Waals surface area contributed by atoms with Crippen molar-refractivity contribution < 1.29 is 4.74 Å². The van der Waals surface area contributed by atoms with Gasteiger partial charge < -0.3 is 10.1 Å². The van der Waals surface area contributed by atoms with Crippen molar-refractivity contribution in [3.8, 4) is 0 Å². The Balaban J connectivity index is 2.85. The molecule has 0 amide bonds. The number of aromatic nitrogens is 2. The first-order valence-corrected chi connectivity index (χ1v) is 7.53. The molecule has 0 saturated heterocycles. The lowest BCUT2D eigenvalue weighted by Gasteiger charge is -2.22. The van der Waals surface area contributed by atoms with Crippen LogP contribution in [0.3, 0.4) is 0 Å². The molecule has 0 aliphatic carbocycles. The van der Waals surface area contributed by atoms with Gasteiger partial charge in [-0.1, -0.05) is 18.5 Å². The van der Waals surface area contributed by atoms with Crippen molar-refractivity contribution in [2.24, 2.45) is 0 Å². The highest BCUT2D eigenvalue weighted by molar-refractivity contribution is 6.31. The molecule has 0 bridgehead atoms. The van der Waals surface area contributed by atoms with E-state index < -0.39 is 0 Å². The molecule has 0 aliphatic rings. The van der Waals surface area contributed by atoms with E-state index >= 15 is 0 Å². The second kappa shape index (κ2) is 8.56. The summed E-state index contributed by atoms with van der Waals surface area (Å²) in [6.07, 6.45) is 3.74. The minimum absolute atomic E-state index is 0.198. The molecule has 1 aromatic heterocycles. The Labute approximate surface area is 121 Å². The second-order valence-corrected chi connectivity index (χ2v) is 5.32. The number of nitrogens with zero attached hydrogens (tertiary/aromatic N) is 2. The summed E-state index contributed by atoms with van der Waals surface area (Å²) in [5.74, 6) is 0. The zero-order valence-electron chi connectivity index (χ0n) is 12.4. The molecule has 110 valence electrons. The molecule has 0 radical (unpaired) electrons. The lowest BCUT2D eigenvalue weighted by Crippen LogP contribution is -2.27. The van der Waals surface area contributed by atoms with E-state index in [1.165, 1.54) is 0 Å². The average molecular weight is 288 g/mol. The van der Waals surface area contributed by atoms with E-state index in [4.69, 9.17) is 16.3 Å². The van der Waals surface area contributed by atoms with Gasteiger partial charge in [-0.3, -0.25) is 4.68 Å². The lowest BCUT2D eigenvalue weighted by atomic mass is 10.1. The first kappa shape index (κ1) is 16.5. The Morgan fingerprint density at radius 1 is 1.42 bits per heavy atom. The summed E-state index contributed by atoms with van der Waals surface area (Å²) in [5, 5.41) is 8.65. The van der Waals surface area contributed by atoms with Gasteiger partial charge in [-0.25, -0.2) is 0 Å². The standard InChI is InChI=1S/C14H26ClN3O/c1-5-8-16-13(7-9-19-6-2)14-12(15)10-17-18(14)11(3)4/h10-11,13,16H,5-9H2,1-4H3. The monoisotopic (exact) mass is 287 g/mol. The molecule has 1 aromatic rings. The van der Waals surface area contributed by atoms with Crippen LogP contribution in [0.1, 0.15) is 58.3 Å². The van der Waals surface area contributed by atoms with Crippen molar-refractivity contribution in [2.45, 2.75) is 52.6 Å². The van der Waals surface area contributed by atoms with Crippen LogP contribution in [0.4, 0.5) is 0 Å². The van der Waals surface area contributed by atoms with Crippen molar-refractivity contribution in [2.75, 3.05) is 19.8 Å². The normalized spacial score (nSPS) is 13.2. The van der Waals surface area contributed by atoms with Crippen LogP contribution in [0.15, 0.2) is 6.20 Å². The van der Waals surface area contributed by atoms with Crippen molar-refractivity contribution >= 4 is 11.6 Å². The molecule has 1 atom stereocenters. The van der Waals surface area contributed by atoms with Crippen molar-refractivity contribution in [1.29, 1.82) is 0 Å². The summed E-state index contributed by atoms with van der Waals surface area (Å²) < 4.78 is 7.47. The first-order chi connectivity index (χ1) is 9.11.